The van der Waals surface area contributed by atoms with Crippen LogP contribution >= 0.6 is 11.8 Å². The second-order valence-corrected chi connectivity index (χ2v) is 4.33. The van der Waals surface area contributed by atoms with Crippen molar-refractivity contribution in [2.45, 2.75) is 18.6 Å². The summed E-state index contributed by atoms with van der Waals surface area (Å²) < 4.78 is 0.140. The third-order valence-electron chi connectivity index (χ3n) is 1.83. The summed E-state index contributed by atoms with van der Waals surface area (Å²) in [6.45, 7) is 4.36. The van der Waals surface area contributed by atoms with Crippen LogP contribution in [0.25, 0.3) is 0 Å². The lowest BCUT2D eigenvalue weighted by Crippen LogP contribution is -2.09. The fraction of sp³-hybridized carbons (Fsp3) is 0.300. The fourth-order valence-corrected chi connectivity index (χ4v) is 1.23. The van der Waals surface area contributed by atoms with Gasteiger partial charge in [0.05, 0.1) is 0 Å². The summed E-state index contributed by atoms with van der Waals surface area (Å²) in [5, 5.41) is 0. The summed E-state index contributed by atoms with van der Waals surface area (Å²) in [4.78, 5) is 0. The molecule has 0 N–H and O–H groups in total. The molecule has 0 heterocycles. The van der Waals surface area contributed by atoms with E-state index in [4.69, 9.17) is 0 Å². The van der Waals surface area contributed by atoms with Crippen LogP contribution in [0.3, 0.4) is 0 Å². The summed E-state index contributed by atoms with van der Waals surface area (Å²) >= 11 is 1.63. The molecule has 0 unspecified atom stereocenters. The normalized spacial score (nSPS) is 11.5. The third kappa shape index (κ3) is 2.00. The van der Waals surface area contributed by atoms with Crippen LogP contribution in [0.2, 0.25) is 0 Å². The van der Waals surface area contributed by atoms with Crippen molar-refractivity contribution in [3.63, 3.8) is 0 Å². The molecule has 0 nitrogen and oxygen atoms in total. The lowest BCUT2D eigenvalue weighted by Gasteiger charge is -2.21. The average molecular weight is 165 g/mol. The molecule has 0 aliphatic heterocycles. The summed E-state index contributed by atoms with van der Waals surface area (Å²) in [5.41, 5.74) is 1.33. The summed E-state index contributed by atoms with van der Waals surface area (Å²) in [7, 11) is 0. The smallest absolute Gasteiger partial charge is 0.0352 e. The maximum Gasteiger partial charge on any atom is 0.0352 e. The van der Waals surface area contributed by atoms with Crippen LogP contribution in [-0.4, -0.2) is 0 Å². The van der Waals surface area contributed by atoms with Crippen molar-refractivity contribution in [1.82, 2.24) is 0 Å². The van der Waals surface area contributed by atoms with E-state index in [1.165, 1.54) is 5.56 Å². The van der Waals surface area contributed by atoms with Crippen LogP contribution in [0.5, 0.6) is 0 Å². The standard InChI is InChI=1S/C10H13S/c1-10(2,11-3)9-7-5-4-6-8-9/h4-8H,3H2,1-2H3. The average Bonchev–Trinajstić information content (AvgIpc) is 2.06. The first-order chi connectivity index (χ1) is 5.17. The van der Waals surface area contributed by atoms with Gasteiger partial charge in [0.25, 0.3) is 0 Å². The van der Waals surface area contributed by atoms with Gasteiger partial charge in [-0.05, 0) is 19.4 Å². The highest BCUT2D eigenvalue weighted by atomic mass is 32.2. The van der Waals surface area contributed by atoms with Crippen LogP contribution < -0.4 is 0 Å². The van der Waals surface area contributed by atoms with E-state index in [1.807, 2.05) is 6.07 Å². The molecule has 0 bridgehead atoms. The molecule has 0 saturated carbocycles. The number of thioether (sulfide) groups is 1. The van der Waals surface area contributed by atoms with Crippen molar-refractivity contribution in [2.24, 2.45) is 0 Å². The van der Waals surface area contributed by atoms with E-state index in [9.17, 15) is 0 Å². The highest BCUT2D eigenvalue weighted by Gasteiger charge is 2.17. The molecule has 0 atom stereocenters. The van der Waals surface area contributed by atoms with E-state index in [0.717, 1.165) is 0 Å². The molecule has 1 aromatic carbocycles. The molecule has 0 aliphatic rings. The molecule has 1 radical (unpaired) electrons. The Labute approximate surface area is 73.0 Å². The maximum absolute atomic E-state index is 3.85. The molecule has 11 heavy (non-hydrogen) atoms. The molecule has 0 fully saturated rings. The third-order valence-corrected chi connectivity index (χ3v) is 2.79. The molecule has 0 amide bonds. The zero-order valence-corrected chi connectivity index (χ0v) is 7.82. The van der Waals surface area contributed by atoms with Gasteiger partial charge < -0.3 is 0 Å². The number of hydrogen-bond acceptors (Lipinski definition) is 1. The highest BCUT2D eigenvalue weighted by molar-refractivity contribution is 8.01. The van der Waals surface area contributed by atoms with Crippen LogP contribution in [0.4, 0.5) is 0 Å². The highest BCUT2D eigenvalue weighted by Crippen LogP contribution is 2.33. The van der Waals surface area contributed by atoms with E-state index < -0.39 is 0 Å². The van der Waals surface area contributed by atoms with Gasteiger partial charge in [0.2, 0.25) is 0 Å². The number of hydrogen-bond donors (Lipinski definition) is 0. The Bertz CT molecular complexity index is 214. The van der Waals surface area contributed by atoms with E-state index in [0.29, 0.717) is 0 Å². The van der Waals surface area contributed by atoms with Gasteiger partial charge in [-0.25, -0.2) is 0 Å². The van der Waals surface area contributed by atoms with Gasteiger partial charge in [-0.1, -0.05) is 30.3 Å². The summed E-state index contributed by atoms with van der Waals surface area (Å²) in [5.74, 6) is 0. The Kier molecular flexibility index (Phi) is 2.61. The van der Waals surface area contributed by atoms with Crippen LogP contribution in [0, 0.1) is 6.26 Å². The second kappa shape index (κ2) is 3.31. The quantitative estimate of drug-likeness (QED) is 0.647. The van der Waals surface area contributed by atoms with E-state index in [1.54, 1.807) is 11.8 Å². The Balaban J connectivity index is 2.93. The van der Waals surface area contributed by atoms with Crippen molar-refractivity contribution in [1.29, 1.82) is 0 Å². The number of benzene rings is 1. The number of rotatable bonds is 2. The molecule has 0 spiro atoms. The predicted octanol–water partition coefficient (Wildman–Crippen LogP) is 3.45. The van der Waals surface area contributed by atoms with E-state index in [-0.39, 0.29) is 4.75 Å². The van der Waals surface area contributed by atoms with Gasteiger partial charge in [-0.2, -0.15) is 11.8 Å². The van der Waals surface area contributed by atoms with E-state index in [2.05, 4.69) is 44.4 Å². The molecular formula is C10H13S. The molecular weight excluding hydrogens is 152 g/mol. The van der Waals surface area contributed by atoms with Gasteiger partial charge in [0.1, 0.15) is 0 Å². The topological polar surface area (TPSA) is 0 Å². The lowest BCUT2D eigenvalue weighted by molar-refractivity contribution is 0.786. The SMILES string of the molecule is [CH2]SC(C)(C)c1ccccc1. The molecule has 1 aromatic rings. The Hall–Kier alpha value is -0.430. The second-order valence-electron chi connectivity index (χ2n) is 3.02. The van der Waals surface area contributed by atoms with Gasteiger partial charge in [0.15, 0.2) is 0 Å². The van der Waals surface area contributed by atoms with Gasteiger partial charge in [-0.15, -0.1) is 0 Å². The first-order valence-corrected chi connectivity index (χ1v) is 4.64. The zero-order chi connectivity index (χ0) is 8.32. The minimum absolute atomic E-state index is 0.140. The molecule has 0 aromatic heterocycles. The minimum Gasteiger partial charge on any atom is -0.150 e. The monoisotopic (exact) mass is 165 g/mol. The first-order valence-electron chi connectivity index (χ1n) is 3.65. The Morgan fingerprint density at radius 3 is 2.18 bits per heavy atom. The predicted molar refractivity (Wildman–Crippen MR) is 52.4 cm³/mol. The lowest BCUT2D eigenvalue weighted by atomic mass is 10.0. The zero-order valence-electron chi connectivity index (χ0n) is 7.00. The van der Waals surface area contributed by atoms with Crippen molar-refractivity contribution < 1.29 is 0 Å². The summed E-state index contributed by atoms with van der Waals surface area (Å²) in [6, 6.07) is 10.4. The van der Waals surface area contributed by atoms with Crippen LogP contribution in [0.1, 0.15) is 19.4 Å². The van der Waals surface area contributed by atoms with Crippen molar-refractivity contribution in [3.8, 4) is 0 Å². The maximum atomic E-state index is 3.85. The van der Waals surface area contributed by atoms with E-state index >= 15 is 0 Å². The fourth-order valence-electron chi connectivity index (χ4n) is 0.923. The largest absolute Gasteiger partial charge is 0.150 e. The van der Waals surface area contributed by atoms with Gasteiger partial charge >= 0.3 is 0 Å². The molecule has 59 valence electrons. The minimum atomic E-state index is 0.140. The van der Waals surface area contributed by atoms with Crippen LogP contribution in [-0.2, 0) is 4.75 Å². The van der Waals surface area contributed by atoms with Crippen LogP contribution in [0.15, 0.2) is 30.3 Å². The molecule has 1 heteroatoms. The van der Waals surface area contributed by atoms with Crippen molar-refractivity contribution >= 4 is 11.8 Å². The van der Waals surface area contributed by atoms with Gasteiger partial charge in [0, 0.05) is 11.0 Å². The van der Waals surface area contributed by atoms with Gasteiger partial charge in [-0.3, -0.25) is 0 Å². The Morgan fingerprint density at radius 1 is 1.18 bits per heavy atom. The van der Waals surface area contributed by atoms with Crippen molar-refractivity contribution in [3.05, 3.63) is 42.2 Å². The molecule has 1 rings (SSSR count). The summed E-state index contributed by atoms with van der Waals surface area (Å²) in [6.07, 6.45) is 3.85. The first kappa shape index (κ1) is 8.66. The Morgan fingerprint density at radius 2 is 1.73 bits per heavy atom. The molecule has 0 aliphatic carbocycles. The molecule has 0 saturated heterocycles. The van der Waals surface area contributed by atoms with Crippen molar-refractivity contribution in [2.75, 3.05) is 0 Å².